The first kappa shape index (κ1) is 22.9. The van der Waals surface area contributed by atoms with Gasteiger partial charge in [-0.1, -0.05) is 5.57 Å². The highest BCUT2D eigenvalue weighted by Crippen LogP contribution is 2.36. The monoisotopic (exact) mass is 557 g/mol. The number of methoxy groups -OCH3 is 1. The molecule has 3 N–H and O–H groups in total. The van der Waals surface area contributed by atoms with E-state index in [9.17, 15) is 14.4 Å². The van der Waals surface area contributed by atoms with Crippen molar-refractivity contribution in [1.29, 1.82) is 5.26 Å². The number of amides is 1. The number of nitriles is 1. The van der Waals surface area contributed by atoms with Crippen LogP contribution in [0.4, 0.5) is 21.5 Å². The van der Waals surface area contributed by atoms with Gasteiger partial charge in [-0.15, -0.1) is 0 Å². The first-order valence-electron chi connectivity index (χ1n) is 10.3. The van der Waals surface area contributed by atoms with Crippen LogP contribution < -0.4 is 20.7 Å². The van der Waals surface area contributed by atoms with Crippen LogP contribution in [-0.2, 0) is 4.79 Å². The molecule has 168 valence electrons. The average molecular weight is 557 g/mol. The first-order valence-corrected chi connectivity index (χ1v) is 11.4. The van der Waals surface area contributed by atoms with E-state index in [1.807, 2.05) is 22.6 Å². The minimum Gasteiger partial charge on any atom is -0.494 e. The Morgan fingerprint density at radius 3 is 2.79 bits per heavy atom. The third-order valence-electron chi connectivity index (χ3n) is 5.34. The summed E-state index contributed by atoms with van der Waals surface area (Å²) in [4.78, 5) is 17.0. The highest BCUT2D eigenvalue weighted by Gasteiger charge is 2.16. The fourth-order valence-electron chi connectivity index (χ4n) is 3.67. The highest BCUT2D eigenvalue weighted by molar-refractivity contribution is 14.1. The van der Waals surface area contributed by atoms with Crippen molar-refractivity contribution in [3.63, 3.8) is 0 Å². The SMILES string of the molecule is COc1cc2ncc(C#N)c(Nc3ccc(F)c(I)c3)c2cc1NC(=O)C=C1CCNCC1. The quantitative estimate of drug-likeness (QED) is 0.307. The number of carbonyl (C=O) groups is 1. The van der Waals surface area contributed by atoms with E-state index < -0.39 is 0 Å². The Hall–Kier alpha value is -3.23. The molecule has 0 spiro atoms. The molecule has 2 aromatic carbocycles. The Bertz CT molecular complexity index is 1290. The normalized spacial score (nSPS) is 13.3. The number of fused-ring (bicyclic) bond motifs is 1. The summed E-state index contributed by atoms with van der Waals surface area (Å²) in [5, 5.41) is 19.7. The molecular weight excluding hydrogens is 536 g/mol. The van der Waals surface area contributed by atoms with Gasteiger partial charge in [0.05, 0.1) is 33.1 Å². The molecule has 1 aromatic heterocycles. The number of benzene rings is 2. The summed E-state index contributed by atoms with van der Waals surface area (Å²) in [6.45, 7) is 1.72. The summed E-state index contributed by atoms with van der Waals surface area (Å²) in [6.07, 6.45) is 4.77. The minimum absolute atomic E-state index is 0.239. The number of aromatic nitrogens is 1. The zero-order valence-corrected chi connectivity index (χ0v) is 20.0. The molecule has 1 aliphatic heterocycles. The summed E-state index contributed by atoms with van der Waals surface area (Å²) >= 11 is 1.91. The summed E-state index contributed by atoms with van der Waals surface area (Å²) in [5.41, 5.74) is 3.60. The number of nitrogens with zero attached hydrogens (tertiary/aromatic N) is 2. The highest BCUT2D eigenvalue weighted by atomic mass is 127. The number of rotatable bonds is 5. The van der Waals surface area contributed by atoms with E-state index in [0.717, 1.165) is 31.5 Å². The van der Waals surface area contributed by atoms with Crippen LogP contribution in [0.25, 0.3) is 10.9 Å². The van der Waals surface area contributed by atoms with Gasteiger partial charge in [-0.2, -0.15) is 5.26 Å². The van der Waals surface area contributed by atoms with Crippen LogP contribution in [0.1, 0.15) is 18.4 Å². The molecule has 0 radical (unpaired) electrons. The molecular formula is C24H21FIN5O2. The molecule has 33 heavy (non-hydrogen) atoms. The molecule has 4 rings (SSSR count). The molecule has 0 saturated carbocycles. The van der Waals surface area contributed by atoms with E-state index in [2.05, 4.69) is 27.0 Å². The number of carbonyl (C=O) groups excluding carboxylic acids is 1. The Labute approximate surface area is 204 Å². The van der Waals surface area contributed by atoms with E-state index in [0.29, 0.717) is 42.8 Å². The van der Waals surface area contributed by atoms with Gasteiger partial charge in [0.2, 0.25) is 5.91 Å². The molecule has 1 fully saturated rings. The van der Waals surface area contributed by atoms with Crippen molar-refractivity contribution in [3.8, 4) is 11.8 Å². The number of pyridine rings is 1. The van der Waals surface area contributed by atoms with E-state index in [-0.39, 0.29) is 11.7 Å². The molecule has 1 amide bonds. The van der Waals surface area contributed by atoms with E-state index in [1.165, 1.54) is 19.4 Å². The maximum atomic E-state index is 13.7. The van der Waals surface area contributed by atoms with Crippen LogP contribution in [0.5, 0.6) is 5.75 Å². The Kier molecular flexibility index (Phi) is 7.05. The maximum Gasteiger partial charge on any atom is 0.248 e. The Morgan fingerprint density at radius 2 is 2.09 bits per heavy atom. The molecule has 7 nitrogen and oxygen atoms in total. The Balaban J connectivity index is 1.75. The second-order valence-electron chi connectivity index (χ2n) is 7.52. The molecule has 3 aromatic rings. The maximum absolute atomic E-state index is 13.7. The van der Waals surface area contributed by atoms with Gasteiger partial charge in [-0.3, -0.25) is 9.78 Å². The standard InChI is InChI=1S/C24H21FIN5O2/c1-33-22-11-20-17(10-21(22)31-23(32)8-14-4-6-28-7-5-14)24(15(12-27)13-29-20)30-16-2-3-18(25)19(26)9-16/h2-3,8-11,13,28H,4-7H2,1H3,(H,29,30)(H,31,32). The van der Waals surface area contributed by atoms with Crippen molar-refractivity contribution in [3.05, 3.63) is 63.1 Å². The van der Waals surface area contributed by atoms with E-state index in [1.54, 1.807) is 30.3 Å². The van der Waals surface area contributed by atoms with Crippen molar-refractivity contribution in [1.82, 2.24) is 10.3 Å². The van der Waals surface area contributed by atoms with E-state index >= 15 is 0 Å². The summed E-state index contributed by atoms with van der Waals surface area (Å²) in [5.74, 6) is -0.102. The lowest BCUT2D eigenvalue weighted by atomic mass is 10.0. The summed E-state index contributed by atoms with van der Waals surface area (Å²) < 4.78 is 19.6. The number of hydrogen-bond acceptors (Lipinski definition) is 6. The van der Waals surface area contributed by atoms with Crippen molar-refractivity contribution in [2.45, 2.75) is 12.8 Å². The minimum atomic E-state index is -0.321. The lowest BCUT2D eigenvalue weighted by Crippen LogP contribution is -2.24. The molecule has 1 saturated heterocycles. The number of piperidine rings is 1. The fourth-order valence-corrected chi connectivity index (χ4v) is 4.19. The number of anilines is 3. The third kappa shape index (κ3) is 5.23. The Morgan fingerprint density at radius 1 is 1.30 bits per heavy atom. The largest absolute Gasteiger partial charge is 0.494 e. The van der Waals surface area contributed by atoms with Crippen molar-refractivity contribution in [2.75, 3.05) is 30.8 Å². The van der Waals surface area contributed by atoms with Crippen molar-refractivity contribution in [2.24, 2.45) is 0 Å². The molecule has 1 aliphatic rings. The lowest BCUT2D eigenvalue weighted by Gasteiger charge is -2.16. The van der Waals surface area contributed by atoms with Crippen LogP contribution in [0.2, 0.25) is 0 Å². The predicted octanol–water partition coefficient (Wildman–Crippen LogP) is 4.85. The average Bonchev–Trinajstić information content (AvgIpc) is 2.82. The lowest BCUT2D eigenvalue weighted by molar-refractivity contribution is -0.112. The number of ether oxygens (including phenoxy) is 1. The molecule has 9 heteroatoms. The zero-order valence-electron chi connectivity index (χ0n) is 17.8. The van der Waals surface area contributed by atoms with Gasteiger partial charge in [0.15, 0.2) is 0 Å². The van der Waals surface area contributed by atoms with Gasteiger partial charge in [-0.05, 0) is 72.8 Å². The zero-order chi connectivity index (χ0) is 23.4. The predicted molar refractivity (Wildman–Crippen MR) is 134 cm³/mol. The molecule has 0 bridgehead atoms. The van der Waals surface area contributed by atoms with E-state index in [4.69, 9.17) is 4.74 Å². The van der Waals surface area contributed by atoms with Crippen LogP contribution in [0, 0.1) is 20.7 Å². The number of hydrogen-bond donors (Lipinski definition) is 3. The molecule has 0 unspecified atom stereocenters. The number of nitrogens with one attached hydrogen (secondary N) is 3. The molecule has 0 atom stereocenters. The van der Waals surface area contributed by atoms with Crippen molar-refractivity contribution >= 4 is 56.5 Å². The van der Waals surface area contributed by atoms with Crippen molar-refractivity contribution < 1.29 is 13.9 Å². The number of halogens is 2. The van der Waals surface area contributed by atoms with Crippen LogP contribution in [-0.4, -0.2) is 31.1 Å². The second kappa shape index (κ2) is 10.1. The second-order valence-corrected chi connectivity index (χ2v) is 8.69. The fraction of sp³-hybridized carbons (Fsp3) is 0.208. The van der Waals surface area contributed by atoms with Gasteiger partial charge >= 0.3 is 0 Å². The molecule has 0 aliphatic carbocycles. The van der Waals surface area contributed by atoms with Gasteiger partial charge in [0.25, 0.3) is 0 Å². The third-order valence-corrected chi connectivity index (χ3v) is 6.16. The van der Waals surface area contributed by atoms with Gasteiger partial charge in [-0.25, -0.2) is 4.39 Å². The summed E-state index contributed by atoms with van der Waals surface area (Å²) in [6, 6.07) is 10.2. The van der Waals surface area contributed by atoms with Crippen LogP contribution in [0.3, 0.4) is 0 Å². The van der Waals surface area contributed by atoms with Gasteiger partial charge in [0, 0.05) is 29.4 Å². The first-order chi connectivity index (χ1) is 16.0. The van der Waals surface area contributed by atoms with Crippen LogP contribution in [0.15, 0.2) is 48.2 Å². The van der Waals surface area contributed by atoms with Gasteiger partial charge < -0.3 is 20.7 Å². The smallest absolute Gasteiger partial charge is 0.248 e. The topological polar surface area (TPSA) is 99.1 Å². The van der Waals surface area contributed by atoms with Crippen LogP contribution >= 0.6 is 22.6 Å². The summed E-state index contributed by atoms with van der Waals surface area (Å²) in [7, 11) is 1.52. The van der Waals surface area contributed by atoms with Gasteiger partial charge in [0.1, 0.15) is 17.6 Å². The molecule has 2 heterocycles.